The Labute approximate surface area is 160 Å². The molecule has 27 heavy (non-hydrogen) atoms. The van der Waals surface area contributed by atoms with E-state index in [2.05, 4.69) is 10.6 Å². The molecule has 0 saturated heterocycles. The molecule has 0 aliphatic carbocycles. The lowest BCUT2D eigenvalue weighted by atomic mass is 10.1. The highest BCUT2D eigenvalue weighted by atomic mass is 16.2. The van der Waals surface area contributed by atoms with Gasteiger partial charge in [-0.15, -0.1) is 0 Å². The summed E-state index contributed by atoms with van der Waals surface area (Å²) in [6.07, 6.45) is 5.06. The lowest BCUT2D eigenvalue weighted by molar-refractivity contribution is 0.0945. The van der Waals surface area contributed by atoms with Crippen molar-refractivity contribution in [1.82, 2.24) is 10.6 Å². The van der Waals surface area contributed by atoms with Crippen molar-refractivity contribution in [2.24, 2.45) is 0 Å². The number of nitrogens with one attached hydrogen (secondary N) is 2. The first-order valence-electron chi connectivity index (χ1n) is 9.34. The van der Waals surface area contributed by atoms with E-state index >= 15 is 0 Å². The van der Waals surface area contributed by atoms with Gasteiger partial charge in [0.2, 0.25) is 0 Å². The Balaban J connectivity index is 1.47. The second-order valence-electron chi connectivity index (χ2n) is 6.52. The second kappa shape index (κ2) is 10.9. The number of amides is 2. The minimum absolute atomic E-state index is 0.0691. The first kappa shape index (κ1) is 20.3. The quantitative estimate of drug-likeness (QED) is 0.382. The van der Waals surface area contributed by atoms with Crippen LogP contribution in [0.1, 0.15) is 52.8 Å². The molecule has 0 atom stereocenters. The smallest absolute Gasteiger partial charge is 0.251 e. The minimum atomic E-state index is -0.0691. The van der Waals surface area contributed by atoms with Gasteiger partial charge in [-0.25, -0.2) is 0 Å². The minimum Gasteiger partial charge on any atom is -0.399 e. The lowest BCUT2D eigenvalue weighted by Gasteiger charge is -2.07. The Morgan fingerprint density at radius 1 is 0.593 bits per heavy atom. The van der Waals surface area contributed by atoms with Gasteiger partial charge in [0.25, 0.3) is 11.8 Å². The maximum atomic E-state index is 11.9. The van der Waals surface area contributed by atoms with Crippen LogP contribution >= 0.6 is 0 Å². The van der Waals surface area contributed by atoms with E-state index in [0.717, 1.165) is 32.1 Å². The Kier molecular flexibility index (Phi) is 8.16. The number of carbonyl (C=O) groups excluding carboxylic acids is 2. The molecule has 2 rings (SSSR count). The van der Waals surface area contributed by atoms with Gasteiger partial charge in [-0.05, 0) is 61.4 Å². The van der Waals surface area contributed by atoms with Gasteiger partial charge >= 0.3 is 0 Å². The van der Waals surface area contributed by atoms with Crippen molar-refractivity contribution >= 4 is 23.2 Å². The third kappa shape index (κ3) is 7.40. The number of benzene rings is 2. The molecule has 6 nitrogen and oxygen atoms in total. The van der Waals surface area contributed by atoms with E-state index in [1.165, 1.54) is 0 Å². The Morgan fingerprint density at radius 3 is 1.30 bits per heavy atom. The number of anilines is 2. The summed E-state index contributed by atoms with van der Waals surface area (Å²) in [6, 6.07) is 13.8. The molecule has 0 bridgehead atoms. The first-order chi connectivity index (χ1) is 13.1. The first-order valence-corrected chi connectivity index (χ1v) is 9.34. The van der Waals surface area contributed by atoms with E-state index in [-0.39, 0.29) is 11.8 Å². The van der Waals surface area contributed by atoms with Crippen LogP contribution in [0.4, 0.5) is 11.4 Å². The van der Waals surface area contributed by atoms with Gasteiger partial charge in [-0.1, -0.05) is 19.3 Å². The third-order valence-electron chi connectivity index (χ3n) is 4.27. The number of rotatable bonds is 10. The summed E-state index contributed by atoms with van der Waals surface area (Å²) in [4.78, 5) is 23.9. The molecule has 144 valence electrons. The average molecular weight is 368 g/mol. The summed E-state index contributed by atoms with van der Waals surface area (Å²) in [6.45, 7) is 1.33. The highest BCUT2D eigenvalue weighted by Crippen LogP contribution is 2.07. The summed E-state index contributed by atoms with van der Waals surface area (Å²) >= 11 is 0. The van der Waals surface area contributed by atoms with Crippen molar-refractivity contribution in [2.75, 3.05) is 24.6 Å². The van der Waals surface area contributed by atoms with Gasteiger partial charge in [0.1, 0.15) is 0 Å². The van der Waals surface area contributed by atoms with Crippen molar-refractivity contribution in [3.63, 3.8) is 0 Å². The topological polar surface area (TPSA) is 110 Å². The van der Waals surface area contributed by atoms with Crippen LogP contribution in [0.15, 0.2) is 48.5 Å². The summed E-state index contributed by atoms with van der Waals surface area (Å²) in [5.74, 6) is -0.138. The highest BCUT2D eigenvalue weighted by Gasteiger charge is 2.05. The predicted octanol–water partition coefficient (Wildman–Crippen LogP) is 2.96. The summed E-state index contributed by atoms with van der Waals surface area (Å²) in [5.41, 5.74) is 13.8. The number of hydrogen-bond acceptors (Lipinski definition) is 4. The molecular weight excluding hydrogens is 340 g/mol. The molecule has 0 unspecified atom stereocenters. The normalized spacial score (nSPS) is 10.4. The van der Waals surface area contributed by atoms with Crippen molar-refractivity contribution in [3.8, 4) is 0 Å². The van der Waals surface area contributed by atoms with E-state index in [1.807, 2.05) is 0 Å². The van der Waals surface area contributed by atoms with Crippen LogP contribution < -0.4 is 22.1 Å². The van der Waals surface area contributed by atoms with Crippen LogP contribution in [0, 0.1) is 0 Å². The predicted molar refractivity (Wildman–Crippen MR) is 109 cm³/mol. The SMILES string of the molecule is Nc1ccc(C(=O)NCCCCCCCNC(=O)c2ccc(N)cc2)cc1. The number of nitrogens with two attached hydrogens (primary N) is 2. The zero-order valence-corrected chi connectivity index (χ0v) is 15.5. The molecule has 0 spiro atoms. The summed E-state index contributed by atoms with van der Waals surface area (Å²) in [7, 11) is 0. The Hall–Kier alpha value is -3.02. The molecule has 2 aromatic carbocycles. The molecule has 0 aliphatic heterocycles. The molecule has 0 aromatic heterocycles. The van der Waals surface area contributed by atoms with Gasteiger partial charge in [-0.3, -0.25) is 9.59 Å². The largest absolute Gasteiger partial charge is 0.399 e. The number of carbonyl (C=O) groups is 2. The average Bonchev–Trinajstić information content (AvgIpc) is 2.67. The molecule has 6 heteroatoms. The van der Waals surface area contributed by atoms with Gasteiger partial charge < -0.3 is 22.1 Å². The highest BCUT2D eigenvalue weighted by molar-refractivity contribution is 5.94. The monoisotopic (exact) mass is 368 g/mol. The molecule has 2 aromatic rings. The van der Waals surface area contributed by atoms with Crippen LogP contribution in [-0.4, -0.2) is 24.9 Å². The van der Waals surface area contributed by atoms with Crippen LogP contribution in [0.5, 0.6) is 0 Å². The molecule has 2 amide bonds. The lowest BCUT2D eigenvalue weighted by Crippen LogP contribution is -2.24. The van der Waals surface area contributed by atoms with Crippen LogP contribution in [0.2, 0.25) is 0 Å². The zero-order chi connectivity index (χ0) is 19.5. The molecule has 0 saturated carbocycles. The van der Waals surface area contributed by atoms with Crippen molar-refractivity contribution < 1.29 is 9.59 Å². The fraction of sp³-hybridized carbons (Fsp3) is 0.333. The van der Waals surface area contributed by atoms with Crippen LogP contribution in [0.3, 0.4) is 0 Å². The van der Waals surface area contributed by atoms with Crippen molar-refractivity contribution in [3.05, 3.63) is 59.7 Å². The maximum Gasteiger partial charge on any atom is 0.251 e. The van der Waals surface area contributed by atoms with Crippen molar-refractivity contribution in [1.29, 1.82) is 0 Å². The Bertz CT molecular complexity index is 663. The van der Waals surface area contributed by atoms with E-state index in [4.69, 9.17) is 11.5 Å². The fourth-order valence-corrected chi connectivity index (χ4v) is 2.66. The molecule has 6 N–H and O–H groups in total. The Morgan fingerprint density at radius 2 is 0.926 bits per heavy atom. The van der Waals surface area contributed by atoms with Gasteiger partial charge in [0, 0.05) is 35.6 Å². The van der Waals surface area contributed by atoms with Gasteiger partial charge in [0.15, 0.2) is 0 Å². The molecular formula is C21H28N4O2. The summed E-state index contributed by atoms with van der Waals surface area (Å²) < 4.78 is 0. The summed E-state index contributed by atoms with van der Waals surface area (Å²) in [5, 5.41) is 5.82. The van der Waals surface area contributed by atoms with Gasteiger partial charge in [0.05, 0.1) is 0 Å². The maximum absolute atomic E-state index is 11.9. The third-order valence-corrected chi connectivity index (χ3v) is 4.27. The second-order valence-corrected chi connectivity index (χ2v) is 6.52. The van der Waals surface area contributed by atoms with E-state index in [9.17, 15) is 9.59 Å². The zero-order valence-electron chi connectivity index (χ0n) is 15.5. The van der Waals surface area contributed by atoms with Crippen LogP contribution in [-0.2, 0) is 0 Å². The van der Waals surface area contributed by atoms with Gasteiger partial charge in [-0.2, -0.15) is 0 Å². The molecule has 0 fully saturated rings. The molecule has 0 radical (unpaired) electrons. The number of nitrogen functional groups attached to an aromatic ring is 2. The fourth-order valence-electron chi connectivity index (χ4n) is 2.66. The molecule has 0 heterocycles. The van der Waals surface area contributed by atoms with Crippen molar-refractivity contribution in [2.45, 2.75) is 32.1 Å². The van der Waals surface area contributed by atoms with E-state index in [1.54, 1.807) is 48.5 Å². The molecule has 0 aliphatic rings. The number of unbranched alkanes of at least 4 members (excludes halogenated alkanes) is 4. The standard InChI is InChI=1S/C21H28N4O2/c22-18-10-6-16(7-11-18)20(26)24-14-4-2-1-3-5-15-25-21(27)17-8-12-19(23)13-9-17/h6-13H,1-5,14-15,22-23H2,(H,24,26)(H,25,27). The van der Waals surface area contributed by atoms with E-state index in [0.29, 0.717) is 35.6 Å². The van der Waals surface area contributed by atoms with E-state index < -0.39 is 0 Å². The van der Waals surface area contributed by atoms with Crippen LogP contribution in [0.25, 0.3) is 0 Å². The number of hydrogen-bond donors (Lipinski definition) is 4.